The lowest BCUT2D eigenvalue weighted by atomic mass is 9.98. The van der Waals surface area contributed by atoms with Gasteiger partial charge in [0.1, 0.15) is 12.4 Å². The number of hydrogen-bond acceptors (Lipinski definition) is 3. The summed E-state index contributed by atoms with van der Waals surface area (Å²) >= 11 is 12.6. The van der Waals surface area contributed by atoms with E-state index in [2.05, 4.69) is 10.6 Å². The lowest BCUT2D eigenvalue weighted by Crippen LogP contribution is -2.18. The molecule has 144 valence electrons. The van der Waals surface area contributed by atoms with Crippen LogP contribution in [0.25, 0.3) is 11.0 Å². The van der Waals surface area contributed by atoms with Gasteiger partial charge in [-0.2, -0.15) is 5.26 Å². The average molecular weight is 414 g/mol. The van der Waals surface area contributed by atoms with E-state index in [1.807, 2.05) is 18.2 Å². The monoisotopic (exact) mass is 413 g/mol. The van der Waals surface area contributed by atoms with Crippen molar-refractivity contribution in [3.63, 3.8) is 0 Å². The number of aromatic nitrogens is 2. The Hall–Kier alpha value is -2.06. The van der Waals surface area contributed by atoms with Crippen molar-refractivity contribution in [2.24, 2.45) is 0 Å². The zero-order valence-electron chi connectivity index (χ0n) is 15.5. The van der Waals surface area contributed by atoms with Crippen molar-refractivity contribution >= 4 is 34.2 Å². The Balaban J connectivity index is 1.70. The molecule has 1 aromatic heterocycles. The zero-order valence-corrected chi connectivity index (χ0v) is 17.0. The molecular weight excluding hydrogens is 393 g/mol. The lowest BCUT2D eigenvalue weighted by Gasteiger charge is -2.22. The average Bonchev–Trinajstić information content (AvgIpc) is 3.06. The van der Waals surface area contributed by atoms with Crippen LogP contribution < -0.4 is 0 Å². The molecule has 1 aliphatic rings. The first kappa shape index (κ1) is 19.3. The van der Waals surface area contributed by atoms with E-state index in [0.717, 1.165) is 35.3 Å². The minimum atomic E-state index is 0.298. The number of imidazole rings is 1. The molecule has 0 atom stereocenters. The highest BCUT2D eigenvalue weighted by molar-refractivity contribution is 6.33. The van der Waals surface area contributed by atoms with Crippen LogP contribution in [-0.2, 0) is 17.9 Å². The third-order valence-corrected chi connectivity index (χ3v) is 5.90. The van der Waals surface area contributed by atoms with Crippen LogP contribution in [-0.4, -0.2) is 15.7 Å². The smallest absolute Gasteiger partial charge is 0.136 e. The van der Waals surface area contributed by atoms with E-state index >= 15 is 0 Å². The van der Waals surface area contributed by atoms with Crippen molar-refractivity contribution in [3.05, 3.63) is 63.4 Å². The lowest BCUT2D eigenvalue weighted by molar-refractivity contribution is 0.0125. The van der Waals surface area contributed by atoms with Gasteiger partial charge in [-0.25, -0.2) is 4.98 Å². The Kier molecular flexibility index (Phi) is 5.87. The van der Waals surface area contributed by atoms with Gasteiger partial charge in [0.15, 0.2) is 0 Å². The molecule has 0 saturated heterocycles. The molecule has 3 aromatic rings. The van der Waals surface area contributed by atoms with E-state index in [0.29, 0.717) is 34.9 Å². The van der Waals surface area contributed by atoms with E-state index in [-0.39, 0.29) is 0 Å². The highest BCUT2D eigenvalue weighted by Gasteiger charge is 2.18. The summed E-state index contributed by atoms with van der Waals surface area (Å²) < 4.78 is 8.26. The number of ether oxygens (including phenoxy) is 1. The number of nitrogens with zero attached hydrogens (tertiary/aromatic N) is 3. The Labute approximate surface area is 174 Å². The summed E-state index contributed by atoms with van der Waals surface area (Å²) in [6, 6.07) is 13.2. The predicted molar refractivity (Wildman–Crippen MR) is 112 cm³/mol. The number of halogens is 2. The second-order valence-electron chi connectivity index (χ2n) is 7.24. The Morgan fingerprint density at radius 3 is 2.71 bits per heavy atom. The van der Waals surface area contributed by atoms with Gasteiger partial charge in [0.25, 0.3) is 0 Å². The molecule has 0 aliphatic heterocycles. The molecule has 2 aromatic carbocycles. The third kappa shape index (κ3) is 4.17. The van der Waals surface area contributed by atoms with Gasteiger partial charge >= 0.3 is 0 Å². The Bertz CT molecular complexity index is 1030. The van der Waals surface area contributed by atoms with Crippen LogP contribution >= 0.6 is 23.2 Å². The second-order valence-corrected chi connectivity index (χ2v) is 8.08. The first-order valence-electron chi connectivity index (χ1n) is 9.59. The van der Waals surface area contributed by atoms with Crippen molar-refractivity contribution in [1.29, 1.82) is 5.26 Å². The van der Waals surface area contributed by atoms with Crippen LogP contribution in [0.2, 0.25) is 10.0 Å². The molecule has 4 rings (SSSR count). The molecule has 4 nitrogen and oxygen atoms in total. The second kappa shape index (κ2) is 8.53. The normalized spacial score (nSPS) is 15.0. The van der Waals surface area contributed by atoms with Gasteiger partial charge in [-0.3, -0.25) is 0 Å². The van der Waals surface area contributed by atoms with Crippen molar-refractivity contribution in [3.8, 4) is 6.07 Å². The number of fused-ring (bicyclic) bond motifs is 1. The molecule has 0 N–H and O–H groups in total. The molecule has 28 heavy (non-hydrogen) atoms. The molecule has 0 unspecified atom stereocenters. The third-order valence-electron chi connectivity index (χ3n) is 5.29. The molecule has 1 heterocycles. The van der Waals surface area contributed by atoms with E-state index in [9.17, 15) is 5.26 Å². The quantitative estimate of drug-likeness (QED) is 0.506. The first-order chi connectivity index (χ1) is 13.6. The number of rotatable bonds is 5. The number of hydrogen-bond donors (Lipinski definition) is 0. The first-order valence-corrected chi connectivity index (χ1v) is 10.3. The van der Waals surface area contributed by atoms with Crippen molar-refractivity contribution in [1.82, 2.24) is 9.55 Å². The van der Waals surface area contributed by atoms with E-state index in [4.69, 9.17) is 32.9 Å². The predicted octanol–water partition coefficient (Wildman–Crippen LogP) is 6.11. The van der Waals surface area contributed by atoms with Gasteiger partial charge in [-0.15, -0.1) is 0 Å². The summed E-state index contributed by atoms with van der Waals surface area (Å²) in [6.45, 7) is 0.966. The van der Waals surface area contributed by atoms with Gasteiger partial charge in [0, 0.05) is 10.0 Å². The summed E-state index contributed by atoms with van der Waals surface area (Å²) in [4.78, 5) is 4.77. The van der Waals surface area contributed by atoms with Crippen LogP contribution in [0.15, 0.2) is 36.4 Å². The van der Waals surface area contributed by atoms with Gasteiger partial charge < -0.3 is 9.30 Å². The van der Waals surface area contributed by atoms with Gasteiger partial charge in [0.05, 0.1) is 35.3 Å². The topological polar surface area (TPSA) is 50.8 Å². The molecule has 0 amide bonds. The van der Waals surface area contributed by atoms with E-state index in [1.165, 1.54) is 19.3 Å². The molecule has 1 fully saturated rings. The van der Waals surface area contributed by atoms with Crippen molar-refractivity contribution in [2.45, 2.75) is 51.4 Å². The molecule has 6 heteroatoms. The van der Waals surface area contributed by atoms with Gasteiger partial charge in [-0.05, 0) is 54.8 Å². The maximum absolute atomic E-state index is 9.30. The van der Waals surface area contributed by atoms with Crippen LogP contribution in [0.3, 0.4) is 0 Å². The highest BCUT2D eigenvalue weighted by atomic mass is 35.5. The number of nitriles is 1. The summed E-state index contributed by atoms with van der Waals surface area (Å²) in [5.74, 6) is 0.840. The van der Waals surface area contributed by atoms with E-state index < -0.39 is 0 Å². The number of benzene rings is 2. The highest BCUT2D eigenvalue weighted by Crippen LogP contribution is 2.27. The standard InChI is InChI=1S/C22H21Cl2N3O/c23-17-7-8-19(24)16(11-17)13-27-21-10-15(12-25)6-9-20(21)26-22(27)14-28-18-4-2-1-3-5-18/h6-11,18H,1-5,13-14H2. The Morgan fingerprint density at radius 1 is 1.11 bits per heavy atom. The molecule has 1 saturated carbocycles. The van der Waals surface area contributed by atoms with Crippen molar-refractivity contribution in [2.75, 3.05) is 0 Å². The molecule has 0 spiro atoms. The van der Waals surface area contributed by atoms with E-state index in [1.54, 1.807) is 18.2 Å². The minimum absolute atomic E-state index is 0.298. The minimum Gasteiger partial charge on any atom is -0.370 e. The largest absolute Gasteiger partial charge is 0.370 e. The van der Waals surface area contributed by atoms with Crippen molar-refractivity contribution < 1.29 is 4.74 Å². The van der Waals surface area contributed by atoms with Gasteiger partial charge in [-0.1, -0.05) is 42.5 Å². The SMILES string of the molecule is N#Cc1ccc2nc(COC3CCCCC3)n(Cc3cc(Cl)ccc3Cl)c2c1. The summed E-state index contributed by atoms with van der Waals surface area (Å²) in [5.41, 5.74) is 3.26. The van der Waals surface area contributed by atoms with Crippen LogP contribution in [0.5, 0.6) is 0 Å². The Morgan fingerprint density at radius 2 is 1.93 bits per heavy atom. The summed E-state index contributed by atoms with van der Waals surface area (Å²) in [7, 11) is 0. The zero-order chi connectivity index (χ0) is 19.5. The maximum atomic E-state index is 9.30. The molecular formula is C22H21Cl2N3O. The fourth-order valence-electron chi connectivity index (χ4n) is 3.79. The fraction of sp³-hybridized carbons (Fsp3) is 0.364. The van der Waals surface area contributed by atoms with Gasteiger partial charge in [0.2, 0.25) is 0 Å². The maximum Gasteiger partial charge on any atom is 0.136 e. The molecule has 1 aliphatic carbocycles. The fourth-order valence-corrected chi connectivity index (χ4v) is 4.16. The molecule has 0 bridgehead atoms. The summed E-state index contributed by atoms with van der Waals surface area (Å²) in [6.07, 6.45) is 6.27. The van der Waals surface area contributed by atoms with Crippen LogP contribution in [0.1, 0.15) is 49.1 Å². The molecule has 0 radical (unpaired) electrons. The van der Waals surface area contributed by atoms with Crippen LogP contribution in [0.4, 0.5) is 0 Å². The van der Waals surface area contributed by atoms with Crippen LogP contribution in [0, 0.1) is 11.3 Å². The summed E-state index contributed by atoms with van der Waals surface area (Å²) in [5, 5.41) is 10.6.